The second-order valence-electron chi connectivity index (χ2n) is 5.27. The second kappa shape index (κ2) is 7.87. The molecule has 0 bridgehead atoms. The summed E-state index contributed by atoms with van der Waals surface area (Å²) in [6.45, 7) is 0. The van der Waals surface area contributed by atoms with Gasteiger partial charge in [0.2, 0.25) is 0 Å². The lowest BCUT2D eigenvalue weighted by atomic mass is 10.2. The molecule has 128 valence electrons. The zero-order chi connectivity index (χ0) is 18.5. The number of anilines is 2. The lowest BCUT2D eigenvalue weighted by Gasteiger charge is -2.08. The molecule has 3 rings (SSSR count). The molecule has 0 atom stereocenters. The van der Waals surface area contributed by atoms with Crippen molar-refractivity contribution in [3.63, 3.8) is 0 Å². The van der Waals surface area contributed by atoms with Crippen LogP contribution in [0.2, 0.25) is 10.0 Å². The monoisotopic (exact) mass is 382 g/mol. The highest BCUT2D eigenvalue weighted by Gasteiger charge is 2.12. The average molecular weight is 383 g/mol. The lowest BCUT2D eigenvalue weighted by Crippen LogP contribution is -2.14. The summed E-state index contributed by atoms with van der Waals surface area (Å²) < 4.78 is 0. The molecule has 0 aliphatic carbocycles. The first-order valence-electron chi connectivity index (χ1n) is 7.55. The van der Waals surface area contributed by atoms with Gasteiger partial charge in [-0.15, -0.1) is 0 Å². The Morgan fingerprint density at radius 3 is 2.69 bits per heavy atom. The highest BCUT2D eigenvalue weighted by atomic mass is 35.5. The fourth-order valence-electron chi connectivity index (χ4n) is 2.30. The molecule has 1 amide bonds. The van der Waals surface area contributed by atoms with Crippen molar-refractivity contribution in [3.8, 4) is 6.07 Å². The number of benzene rings is 2. The third kappa shape index (κ3) is 3.94. The number of hydrogen-bond donors (Lipinski definition) is 2. The quantitative estimate of drug-likeness (QED) is 0.491. The topological polar surface area (TPSA) is 77.8 Å². The van der Waals surface area contributed by atoms with Crippen molar-refractivity contribution in [3.05, 3.63) is 76.5 Å². The van der Waals surface area contributed by atoms with Crippen LogP contribution in [0.1, 0.15) is 0 Å². The number of amides is 1. The molecule has 0 unspecified atom stereocenters. The molecule has 3 aromatic rings. The fraction of sp³-hybridized carbons (Fsp3) is 0. The van der Waals surface area contributed by atoms with E-state index in [-0.39, 0.29) is 10.6 Å². The largest absolute Gasteiger partial charge is 0.358 e. The molecule has 0 spiro atoms. The normalized spacial score (nSPS) is 11.0. The van der Waals surface area contributed by atoms with Crippen LogP contribution in [0.3, 0.4) is 0 Å². The summed E-state index contributed by atoms with van der Waals surface area (Å²) in [4.78, 5) is 16.6. The minimum Gasteiger partial charge on any atom is -0.358 e. The number of nitrogens with zero attached hydrogens (tertiary/aromatic N) is 2. The predicted octanol–water partition coefficient (Wildman–Crippen LogP) is 5.00. The zero-order valence-electron chi connectivity index (χ0n) is 13.3. The van der Waals surface area contributed by atoms with Gasteiger partial charge in [-0.1, -0.05) is 41.4 Å². The van der Waals surface area contributed by atoms with Crippen LogP contribution < -0.4 is 10.6 Å². The molecule has 0 aliphatic rings. The average Bonchev–Trinajstić information content (AvgIpc) is 2.64. The number of carbonyl (C=O) groups is 1. The molecule has 2 N–H and O–H groups in total. The number of pyridine rings is 1. The standard InChI is InChI=1S/C19H12Cl2N4O/c20-14-6-7-16(15(21)9-14)25-19(26)13(10-22)11-24-17-5-1-3-12-4-2-8-23-18(12)17/h1-9,11,24H,(H,25,26)/b13-11-. The van der Waals surface area contributed by atoms with E-state index >= 15 is 0 Å². The summed E-state index contributed by atoms with van der Waals surface area (Å²) in [6, 6.07) is 15.9. The van der Waals surface area contributed by atoms with Crippen molar-refractivity contribution >= 4 is 51.4 Å². The Balaban J connectivity index is 1.81. The smallest absolute Gasteiger partial charge is 0.267 e. The summed E-state index contributed by atoms with van der Waals surface area (Å²) in [5, 5.41) is 16.5. The van der Waals surface area contributed by atoms with Crippen molar-refractivity contribution in [1.82, 2.24) is 4.98 Å². The molecule has 1 aromatic heterocycles. The molecule has 5 nitrogen and oxygen atoms in total. The van der Waals surface area contributed by atoms with Gasteiger partial charge >= 0.3 is 0 Å². The Labute approximate surface area is 159 Å². The van der Waals surface area contributed by atoms with E-state index in [1.807, 2.05) is 36.4 Å². The van der Waals surface area contributed by atoms with E-state index in [2.05, 4.69) is 15.6 Å². The first-order valence-corrected chi connectivity index (χ1v) is 8.31. The van der Waals surface area contributed by atoms with E-state index in [4.69, 9.17) is 23.2 Å². The highest BCUT2D eigenvalue weighted by molar-refractivity contribution is 6.36. The molecule has 1 heterocycles. The summed E-state index contributed by atoms with van der Waals surface area (Å²) in [5.41, 5.74) is 1.69. The van der Waals surface area contributed by atoms with E-state index in [9.17, 15) is 10.1 Å². The van der Waals surface area contributed by atoms with E-state index in [1.54, 1.807) is 18.3 Å². The van der Waals surface area contributed by atoms with Gasteiger partial charge in [0.25, 0.3) is 5.91 Å². The number of para-hydroxylation sites is 1. The van der Waals surface area contributed by atoms with Gasteiger partial charge in [0.1, 0.15) is 11.6 Å². The maximum absolute atomic E-state index is 12.3. The molecular formula is C19H12Cl2N4O. The van der Waals surface area contributed by atoms with Crippen molar-refractivity contribution in [1.29, 1.82) is 5.26 Å². The number of halogens is 2. The lowest BCUT2D eigenvalue weighted by molar-refractivity contribution is -0.112. The van der Waals surface area contributed by atoms with E-state index < -0.39 is 5.91 Å². The number of aromatic nitrogens is 1. The third-order valence-corrected chi connectivity index (χ3v) is 4.10. The Morgan fingerprint density at radius 2 is 1.92 bits per heavy atom. The molecule has 0 saturated carbocycles. The Hall–Kier alpha value is -3.07. The summed E-state index contributed by atoms with van der Waals surface area (Å²) in [6.07, 6.45) is 3.01. The molecule has 26 heavy (non-hydrogen) atoms. The van der Waals surface area contributed by atoms with Gasteiger partial charge in [0, 0.05) is 22.8 Å². The molecular weight excluding hydrogens is 371 g/mol. The predicted molar refractivity (Wildman–Crippen MR) is 104 cm³/mol. The van der Waals surface area contributed by atoms with Gasteiger partial charge in [-0.05, 0) is 30.3 Å². The fourth-order valence-corrected chi connectivity index (χ4v) is 2.76. The third-order valence-electron chi connectivity index (χ3n) is 3.55. The van der Waals surface area contributed by atoms with E-state index in [0.29, 0.717) is 16.4 Å². The van der Waals surface area contributed by atoms with Gasteiger partial charge in [0.05, 0.1) is 21.9 Å². The van der Waals surface area contributed by atoms with Crippen LogP contribution in [-0.4, -0.2) is 10.9 Å². The Morgan fingerprint density at radius 1 is 1.12 bits per heavy atom. The maximum atomic E-state index is 12.3. The van der Waals surface area contributed by atoms with Crippen LogP contribution in [0.25, 0.3) is 10.9 Å². The minimum absolute atomic E-state index is 0.107. The van der Waals surface area contributed by atoms with E-state index in [1.165, 1.54) is 12.3 Å². The second-order valence-corrected chi connectivity index (χ2v) is 6.12. The number of fused-ring (bicyclic) bond motifs is 1. The van der Waals surface area contributed by atoms with Crippen molar-refractivity contribution in [2.45, 2.75) is 0 Å². The Kier molecular flexibility index (Phi) is 5.37. The number of nitrogens with one attached hydrogen (secondary N) is 2. The first-order chi connectivity index (χ1) is 12.6. The van der Waals surface area contributed by atoms with Crippen LogP contribution in [0, 0.1) is 11.3 Å². The van der Waals surface area contributed by atoms with Crippen LogP contribution in [0.5, 0.6) is 0 Å². The Bertz CT molecular complexity index is 1050. The summed E-state index contributed by atoms with van der Waals surface area (Å²) >= 11 is 11.9. The van der Waals surface area contributed by atoms with Gasteiger partial charge in [-0.3, -0.25) is 9.78 Å². The number of hydrogen-bond acceptors (Lipinski definition) is 4. The van der Waals surface area contributed by atoms with E-state index in [0.717, 1.165) is 10.9 Å². The van der Waals surface area contributed by atoms with Crippen LogP contribution >= 0.6 is 23.2 Å². The first kappa shape index (κ1) is 17.7. The van der Waals surface area contributed by atoms with Crippen LogP contribution in [0.15, 0.2) is 66.5 Å². The molecule has 7 heteroatoms. The minimum atomic E-state index is -0.586. The molecule has 2 aromatic carbocycles. The number of rotatable bonds is 4. The highest BCUT2D eigenvalue weighted by Crippen LogP contribution is 2.26. The van der Waals surface area contributed by atoms with Crippen LogP contribution in [-0.2, 0) is 4.79 Å². The van der Waals surface area contributed by atoms with Gasteiger partial charge in [-0.2, -0.15) is 5.26 Å². The molecule has 0 radical (unpaired) electrons. The summed E-state index contributed by atoms with van der Waals surface area (Å²) in [5.74, 6) is -0.586. The number of nitriles is 1. The maximum Gasteiger partial charge on any atom is 0.267 e. The van der Waals surface area contributed by atoms with Crippen molar-refractivity contribution in [2.24, 2.45) is 0 Å². The zero-order valence-corrected chi connectivity index (χ0v) is 14.8. The summed E-state index contributed by atoms with van der Waals surface area (Å²) in [7, 11) is 0. The SMILES string of the molecule is N#C/C(=C/Nc1cccc2cccnc12)C(=O)Nc1ccc(Cl)cc1Cl. The van der Waals surface area contributed by atoms with Crippen LogP contribution in [0.4, 0.5) is 11.4 Å². The molecule has 0 aliphatic heterocycles. The number of carbonyl (C=O) groups excluding carboxylic acids is 1. The molecule has 0 saturated heterocycles. The van der Waals surface area contributed by atoms with Gasteiger partial charge in [0.15, 0.2) is 0 Å². The molecule has 0 fully saturated rings. The van der Waals surface area contributed by atoms with Gasteiger partial charge in [-0.25, -0.2) is 0 Å². The van der Waals surface area contributed by atoms with Gasteiger partial charge < -0.3 is 10.6 Å². The van der Waals surface area contributed by atoms with Crippen molar-refractivity contribution in [2.75, 3.05) is 10.6 Å². The van der Waals surface area contributed by atoms with Crippen molar-refractivity contribution < 1.29 is 4.79 Å².